The van der Waals surface area contributed by atoms with Crippen LogP contribution in [0.2, 0.25) is 0 Å². The molecule has 2 aromatic rings. The molecule has 2 aromatic heterocycles. The summed E-state index contributed by atoms with van der Waals surface area (Å²) in [5.74, 6) is 1.06. The summed E-state index contributed by atoms with van der Waals surface area (Å²) in [7, 11) is 3.37. The van der Waals surface area contributed by atoms with Crippen molar-refractivity contribution in [2.75, 3.05) is 31.3 Å². The number of fused-ring (bicyclic) bond motifs is 1. The normalized spacial score (nSPS) is 11.4. The smallest absolute Gasteiger partial charge is 0.227 e. The second-order valence-corrected chi connectivity index (χ2v) is 5.06. The molecule has 0 saturated heterocycles. The molecule has 0 aliphatic rings. The summed E-state index contributed by atoms with van der Waals surface area (Å²) < 4.78 is 0. The molecule has 1 amide bonds. The monoisotopic (exact) mass is 277 g/mol. The minimum Gasteiger partial charge on any atom is -0.367 e. The van der Waals surface area contributed by atoms with E-state index in [2.05, 4.69) is 35.9 Å². The number of rotatable bonds is 5. The lowest BCUT2D eigenvalue weighted by Gasteiger charge is -2.23. The number of H-pyrrole nitrogens is 1. The molecule has 0 aromatic carbocycles. The summed E-state index contributed by atoms with van der Waals surface area (Å²) in [6.07, 6.45) is 1.56. The van der Waals surface area contributed by atoms with Crippen molar-refractivity contribution in [3.8, 4) is 0 Å². The molecular formula is C12H19N7O. The fourth-order valence-electron chi connectivity index (χ4n) is 1.80. The zero-order chi connectivity index (χ0) is 14.8. The number of aromatic nitrogens is 4. The highest BCUT2D eigenvalue weighted by Crippen LogP contribution is 2.21. The molecule has 0 fully saturated rings. The van der Waals surface area contributed by atoms with Gasteiger partial charge in [-0.2, -0.15) is 9.97 Å². The van der Waals surface area contributed by atoms with Crippen LogP contribution in [0.25, 0.3) is 11.2 Å². The number of imidazole rings is 1. The molecule has 0 aliphatic heterocycles. The number of anilines is 2. The standard InChI is InChI=1S/C12H19N7O/c1-12(2,10(20)13-3)5-15-8-7-9(17-6-16-7)19-11(14-4)18-8/h6H,5H2,1-4H3,(H,13,20)(H3,14,15,16,17,18,19). The molecule has 0 atom stereocenters. The van der Waals surface area contributed by atoms with E-state index in [0.717, 1.165) is 5.52 Å². The van der Waals surface area contributed by atoms with Crippen molar-refractivity contribution < 1.29 is 4.79 Å². The van der Waals surface area contributed by atoms with Crippen molar-refractivity contribution >= 4 is 28.8 Å². The number of carbonyl (C=O) groups is 1. The average molecular weight is 277 g/mol. The van der Waals surface area contributed by atoms with E-state index in [1.54, 1.807) is 20.4 Å². The van der Waals surface area contributed by atoms with E-state index in [9.17, 15) is 4.79 Å². The van der Waals surface area contributed by atoms with Crippen molar-refractivity contribution in [3.63, 3.8) is 0 Å². The maximum absolute atomic E-state index is 11.8. The molecule has 20 heavy (non-hydrogen) atoms. The van der Waals surface area contributed by atoms with Crippen molar-refractivity contribution in [2.24, 2.45) is 5.41 Å². The van der Waals surface area contributed by atoms with Crippen molar-refractivity contribution in [3.05, 3.63) is 6.33 Å². The summed E-state index contributed by atoms with van der Waals surface area (Å²) in [4.78, 5) is 27.5. The van der Waals surface area contributed by atoms with Gasteiger partial charge in [0.25, 0.3) is 0 Å². The van der Waals surface area contributed by atoms with Gasteiger partial charge in [-0.1, -0.05) is 0 Å². The van der Waals surface area contributed by atoms with Crippen LogP contribution in [-0.2, 0) is 4.79 Å². The first-order valence-corrected chi connectivity index (χ1v) is 6.33. The third-order valence-electron chi connectivity index (χ3n) is 3.05. The second-order valence-electron chi connectivity index (χ2n) is 5.06. The van der Waals surface area contributed by atoms with Crippen LogP contribution in [-0.4, -0.2) is 46.5 Å². The van der Waals surface area contributed by atoms with Crippen LogP contribution in [0.15, 0.2) is 6.33 Å². The van der Waals surface area contributed by atoms with Crippen LogP contribution in [0.4, 0.5) is 11.8 Å². The molecule has 8 heteroatoms. The van der Waals surface area contributed by atoms with Gasteiger partial charge in [-0.25, -0.2) is 4.98 Å². The van der Waals surface area contributed by atoms with Crippen LogP contribution in [0.1, 0.15) is 13.8 Å². The minimum atomic E-state index is -0.550. The maximum Gasteiger partial charge on any atom is 0.227 e. The summed E-state index contributed by atoms with van der Waals surface area (Å²) in [5.41, 5.74) is 0.743. The van der Waals surface area contributed by atoms with Crippen LogP contribution in [0.5, 0.6) is 0 Å². The van der Waals surface area contributed by atoms with Crippen LogP contribution < -0.4 is 16.0 Å². The van der Waals surface area contributed by atoms with E-state index in [1.165, 1.54) is 0 Å². The maximum atomic E-state index is 11.8. The highest BCUT2D eigenvalue weighted by molar-refractivity contribution is 5.85. The first kappa shape index (κ1) is 14.0. The predicted molar refractivity (Wildman–Crippen MR) is 77.6 cm³/mol. The highest BCUT2D eigenvalue weighted by Gasteiger charge is 2.26. The molecule has 0 aliphatic carbocycles. The summed E-state index contributed by atoms with van der Waals surface area (Å²) in [5, 5.41) is 8.72. The predicted octanol–water partition coefficient (Wildman–Crippen LogP) is 0.579. The number of hydrogen-bond donors (Lipinski definition) is 4. The van der Waals surface area contributed by atoms with E-state index >= 15 is 0 Å². The van der Waals surface area contributed by atoms with Crippen molar-refractivity contribution in [1.82, 2.24) is 25.3 Å². The van der Waals surface area contributed by atoms with Gasteiger partial charge in [0.05, 0.1) is 11.7 Å². The van der Waals surface area contributed by atoms with E-state index in [0.29, 0.717) is 24.0 Å². The average Bonchev–Trinajstić information content (AvgIpc) is 2.91. The summed E-state index contributed by atoms with van der Waals surface area (Å²) in [6, 6.07) is 0. The molecule has 108 valence electrons. The second kappa shape index (κ2) is 5.32. The fourth-order valence-corrected chi connectivity index (χ4v) is 1.80. The van der Waals surface area contributed by atoms with Crippen molar-refractivity contribution in [2.45, 2.75) is 13.8 Å². The zero-order valence-corrected chi connectivity index (χ0v) is 12.0. The van der Waals surface area contributed by atoms with Gasteiger partial charge in [0, 0.05) is 20.6 Å². The molecule has 0 bridgehead atoms. The Morgan fingerprint density at radius 2 is 2.10 bits per heavy atom. The topological polar surface area (TPSA) is 108 Å². The Morgan fingerprint density at radius 1 is 1.35 bits per heavy atom. The lowest BCUT2D eigenvalue weighted by Crippen LogP contribution is -2.39. The number of nitrogens with zero attached hydrogens (tertiary/aromatic N) is 3. The van der Waals surface area contributed by atoms with Crippen molar-refractivity contribution in [1.29, 1.82) is 0 Å². The van der Waals surface area contributed by atoms with Gasteiger partial charge in [0.1, 0.15) is 5.52 Å². The van der Waals surface area contributed by atoms with Gasteiger partial charge in [-0.3, -0.25) is 4.79 Å². The molecule has 0 unspecified atom stereocenters. The number of amides is 1. The summed E-state index contributed by atoms with van der Waals surface area (Å²) in [6.45, 7) is 4.17. The third-order valence-corrected chi connectivity index (χ3v) is 3.05. The number of nitrogens with one attached hydrogen (secondary N) is 4. The summed E-state index contributed by atoms with van der Waals surface area (Å²) >= 11 is 0. The van der Waals surface area contributed by atoms with E-state index in [-0.39, 0.29) is 5.91 Å². The van der Waals surface area contributed by atoms with Crippen LogP contribution in [0, 0.1) is 5.41 Å². The van der Waals surface area contributed by atoms with E-state index in [4.69, 9.17) is 0 Å². The zero-order valence-electron chi connectivity index (χ0n) is 12.0. The van der Waals surface area contributed by atoms with Gasteiger partial charge in [0.15, 0.2) is 11.5 Å². The third kappa shape index (κ3) is 2.63. The lowest BCUT2D eigenvalue weighted by atomic mass is 9.92. The van der Waals surface area contributed by atoms with Gasteiger partial charge < -0.3 is 20.9 Å². The van der Waals surface area contributed by atoms with Gasteiger partial charge in [-0.05, 0) is 13.8 Å². The van der Waals surface area contributed by atoms with Gasteiger partial charge >= 0.3 is 0 Å². The molecule has 4 N–H and O–H groups in total. The lowest BCUT2D eigenvalue weighted by molar-refractivity contribution is -0.128. The molecule has 8 nitrogen and oxygen atoms in total. The fraction of sp³-hybridized carbons (Fsp3) is 0.500. The number of aromatic amines is 1. The SMILES string of the molecule is CNC(=O)C(C)(C)CNc1nc(NC)nc2nc[nH]c12. The van der Waals surface area contributed by atoms with Gasteiger partial charge in [0.2, 0.25) is 11.9 Å². The van der Waals surface area contributed by atoms with E-state index < -0.39 is 5.41 Å². The molecule has 0 saturated carbocycles. The molecular weight excluding hydrogens is 258 g/mol. The first-order chi connectivity index (χ1) is 9.47. The van der Waals surface area contributed by atoms with E-state index in [1.807, 2.05) is 13.8 Å². The van der Waals surface area contributed by atoms with Crippen LogP contribution >= 0.6 is 0 Å². The number of carbonyl (C=O) groups excluding carboxylic acids is 1. The Kier molecular flexibility index (Phi) is 3.73. The quantitative estimate of drug-likeness (QED) is 0.636. The first-order valence-electron chi connectivity index (χ1n) is 6.33. The van der Waals surface area contributed by atoms with Crippen LogP contribution in [0.3, 0.4) is 0 Å². The Bertz CT molecular complexity index is 619. The Balaban J connectivity index is 2.25. The Hall–Kier alpha value is -2.38. The molecule has 0 spiro atoms. The molecule has 0 radical (unpaired) electrons. The Labute approximate surface area is 116 Å². The molecule has 2 rings (SSSR count). The minimum absolute atomic E-state index is 0.0336. The molecule has 2 heterocycles. The van der Waals surface area contributed by atoms with Gasteiger partial charge in [-0.15, -0.1) is 0 Å². The number of hydrogen-bond acceptors (Lipinski definition) is 6. The highest BCUT2D eigenvalue weighted by atomic mass is 16.2. The largest absolute Gasteiger partial charge is 0.367 e. The Morgan fingerprint density at radius 3 is 2.75 bits per heavy atom.